The highest BCUT2D eigenvalue weighted by Gasteiger charge is 2.31. The van der Waals surface area contributed by atoms with Crippen molar-refractivity contribution in [1.82, 2.24) is 9.21 Å². The first-order valence-corrected chi connectivity index (χ1v) is 12.9. The van der Waals surface area contributed by atoms with Crippen LogP contribution in [0.15, 0.2) is 52.3 Å². The number of hydrogen-bond acceptors (Lipinski definition) is 4. The van der Waals surface area contributed by atoms with E-state index in [1.807, 2.05) is 37.4 Å². The van der Waals surface area contributed by atoms with Gasteiger partial charge in [-0.25, -0.2) is 8.42 Å². The number of carbonyl (C=O) groups is 1. The van der Waals surface area contributed by atoms with E-state index in [0.717, 1.165) is 23.3 Å². The molecule has 8 heteroatoms. The number of thioether (sulfide) groups is 1. The summed E-state index contributed by atoms with van der Waals surface area (Å²) in [5.74, 6) is 0.0600. The summed E-state index contributed by atoms with van der Waals surface area (Å²) in [7, 11) is -2.04. The lowest BCUT2D eigenvalue weighted by Crippen LogP contribution is -2.39. The molecule has 3 rings (SSSR count). The highest BCUT2D eigenvalue weighted by atomic mass is 35.5. The molecule has 1 unspecified atom stereocenters. The number of hydrogen-bond donors (Lipinski definition) is 0. The largest absolute Gasteiger partial charge is 0.337 e. The molecule has 2 aromatic rings. The number of sulfonamides is 1. The van der Waals surface area contributed by atoms with Crippen LogP contribution in [0.2, 0.25) is 5.02 Å². The second-order valence-electron chi connectivity index (χ2n) is 7.76. The van der Waals surface area contributed by atoms with Gasteiger partial charge in [-0.1, -0.05) is 30.7 Å². The van der Waals surface area contributed by atoms with Crippen molar-refractivity contribution >= 4 is 39.3 Å². The van der Waals surface area contributed by atoms with Crippen molar-refractivity contribution in [2.24, 2.45) is 5.92 Å². The second-order valence-corrected chi connectivity index (χ2v) is 11.0. The molecule has 5 nitrogen and oxygen atoms in total. The van der Waals surface area contributed by atoms with Crippen molar-refractivity contribution in [3.63, 3.8) is 0 Å². The van der Waals surface area contributed by atoms with E-state index in [2.05, 4.69) is 0 Å². The Morgan fingerprint density at radius 1 is 1.23 bits per heavy atom. The molecule has 0 radical (unpaired) electrons. The summed E-state index contributed by atoms with van der Waals surface area (Å²) in [6, 6.07) is 12.5. The first kappa shape index (κ1) is 23.1. The fourth-order valence-corrected chi connectivity index (χ4v) is 6.14. The van der Waals surface area contributed by atoms with Crippen LogP contribution < -0.4 is 0 Å². The summed E-state index contributed by atoms with van der Waals surface area (Å²) in [6.45, 7) is 3.43. The molecular formula is C22H27ClN2O3S2. The molecule has 1 heterocycles. The molecule has 2 aromatic carbocycles. The summed E-state index contributed by atoms with van der Waals surface area (Å²) < 4.78 is 27.8. The Morgan fingerprint density at radius 3 is 2.57 bits per heavy atom. The van der Waals surface area contributed by atoms with Crippen LogP contribution in [0, 0.1) is 5.92 Å². The van der Waals surface area contributed by atoms with Gasteiger partial charge < -0.3 is 4.90 Å². The zero-order valence-corrected chi connectivity index (χ0v) is 19.9. The van der Waals surface area contributed by atoms with Crippen molar-refractivity contribution < 1.29 is 13.2 Å². The minimum atomic E-state index is -3.75. The monoisotopic (exact) mass is 466 g/mol. The van der Waals surface area contributed by atoms with E-state index in [-0.39, 0.29) is 15.8 Å². The molecule has 0 bridgehead atoms. The van der Waals surface area contributed by atoms with E-state index in [1.54, 1.807) is 29.8 Å². The Kier molecular flexibility index (Phi) is 7.50. The topological polar surface area (TPSA) is 57.7 Å². The van der Waals surface area contributed by atoms with E-state index >= 15 is 0 Å². The Hall–Kier alpha value is -1.54. The molecule has 162 valence electrons. The lowest BCUT2D eigenvalue weighted by atomic mass is 10.0. The van der Waals surface area contributed by atoms with Gasteiger partial charge in [0.05, 0.1) is 5.02 Å². The van der Waals surface area contributed by atoms with E-state index in [1.165, 1.54) is 16.4 Å². The van der Waals surface area contributed by atoms with E-state index in [4.69, 9.17) is 11.6 Å². The number of amides is 1. The van der Waals surface area contributed by atoms with Gasteiger partial charge in [0.25, 0.3) is 5.91 Å². The molecule has 1 aliphatic heterocycles. The smallest absolute Gasteiger partial charge is 0.253 e. The molecule has 1 aliphatic rings. The fourth-order valence-electron chi connectivity index (χ4n) is 3.63. The van der Waals surface area contributed by atoms with Crippen LogP contribution in [0.25, 0.3) is 0 Å². The summed E-state index contributed by atoms with van der Waals surface area (Å²) in [5.41, 5.74) is 1.32. The van der Waals surface area contributed by atoms with Crippen LogP contribution in [0.5, 0.6) is 0 Å². The number of halogens is 1. The lowest BCUT2D eigenvalue weighted by Gasteiger charge is -2.30. The van der Waals surface area contributed by atoms with Gasteiger partial charge >= 0.3 is 0 Å². The van der Waals surface area contributed by atoms with Crippen LogP contribution in [0.1, 0.15) is 35.7 Å². The van der Waals surface area contributed by atoms with Gasteiger partial charge in [-0.05, 0) is 60.9 Å². The van der Waals surface area contributed by atoms with Crippen molar-refractivity contribution in [3.8, 4) is 0 Å². The number of benzene rings is 2. The maximum absolute atomic E-state index is 13.2. The molecule has 30 heavy (non-hydrogen) atoms. The van der Waals surface area contributed by atoms with Crippen LogP contribution >= 0.6 is 23.4 Å². The van der Waals surface area contributed by atoms with Crippen molar-refractivity contribution in [2.75, 3.05) is 26.4 Å². The predicted molar refractivity (Wildman–Crippen MR) is 123 cm³/mol. The Labute approximate surface area is 188 Å². The van der Waals surface area contributed by atoms with E-state index in [9.17, 15) is 13.2 Å². The van der Waals surface area contributed by atoms with Gasteiger partial charge in [0.1, 0.15) is 4.90 Å². The zero-order chi connectivity index (χ0) is 21.9. The van der Waals surface area contributed by atoms with Crippen LogP contribution in [-0.2, 0) is 16.6 Å². The summed E-state index contributed by atoms with van der Waals surface area (Å²) in [6.07, 6.45) is 3.86. The second kappa shape index (κ2) is 9.73. The predicted octanol–water partition coefficient (Wildman–Crippen LogP) is 4.75. The molecule has 0 aromatic heterocycles. The number of carbonyl (C=O) groups excluding carboxylic acids is 1. The number of piperidine rings is 1. The third kappa shape index (κ3) is 5.19. The number of rotatable bonds is 6. The minimum Gasteiger partial charge on any atom is -0.337 e. The average Bonchev–Trinajstić information content (AvgIpc) is 2.74. The molecule has 0 spiro atoms. The molecule has 0 saturated carbocycles. The lowest BCUT2D eigenvalue weighted by molar-refractivity contribution is 0.0785. The molecule has 1 saturated heterocycles. The van der Waals surface area contributed by atoms with Gasteiger partial charge in [-0.2, -0.15) is 4.31 Å². The standard InChI is InChI=1S/C22H27ClN2O3S2/c1-16-5-4-12-25(14-16)30(27,28)21-13-18(8-11-20(21)23)22(26)24(2)15-17-6-9-19(29-3)10-7-17/h6-11,13,16H,4-5,12,14-15H2,1-3H3. The summed E-state index contributed by atoms with van der Waals surface area (Å²) in [5, 5.41) is 0.139. The highest BCUT2D eigenvalue weighted by molar-refractivity contribution is 7.98. The van der Waals surface area contributed by atoms with Crippen molar-refractivity contribution in [1.29, 1.82) is 0 Å². The SMILES string of the molecule is CSc1ccc(CN(C)C(=O)c2ccc(Cl)c(S(=O)(=O)N3CCCC(C)C3)c2)cc1. The minimum absolute atomic E-state index is 0.00170. The first-order chi connectivity index (χ1) is 14.2. The highest BCUT2D eigenvalue weighted by Crippen LogP contribution is 2.29. The Morgan fingerprint density at radius 2 is 1.93 bits per heavy atom. The van der Waals surface area contributed by atoms with Gasteiger partial charge in [-0.15, -0.1) is 11.8 Å². The van der Waals surface area contributed by atoms with Gasteiger partial charge in [0, 0.05) is 37.1 Å². The van der Waals surface area contributed by atoms with Gasteiger partial charge in [-0.3, -0.25) is 4.79 Å². The zero-order valence-electron chi connectivity index (χ0n) is 17.5. The van der Waals surface area contributed by atoms with Crippen molar-refractivity contribution in [3.05, 3.63) is 58.6 Å². The fraction of sp³-hybridized carbons (Fsp3) is 0.409. The summed E-state index contributed by atoms with van der Waals surface area (Å²) in [4.78, 5) is 15.7. The molecule has 0 N–H and O–H groups in total. The average molecular weight is 467 g/mol. The molecule has 1 amide bonds. The normalized spacial score (nSPS) is 17.7. The third-order valence-electron chi connectivity index (χ3n) is 5.34. The third-order valence-corrected chi connectivity index (χ3v) is 8.43. The quantitative estimate of drug-likeness (QED) is 0.576. The van der Waals surface area contributed by atoms with Crippen LogP contribution in [0.4, 0.5) is 0 Å². The Bertz CT molecular complexity index is 1010. The van der Waals surface area contributed by atoms with Crippen molar-refractivity contribution in [2.45, 2.75) is 36.1 Å². The van der Waals surface area contributed by atoms with Crippen LogP contribution in [0.3, 0.4) is 0 Å². The first-order valence-electron chi connectivity index (χ1n) is 9.90. The molecule has 1 fully saturated rings. The van der Waals surface area contributed by atoms with Gasteiger partial charge in [0.15, 0.2) is 0 Å². The van der Waals surface area contributed by atoms with E-state index < -0.39 is 10.0 Å². The maximum Gasteiger partial charge on any atom is 0.253 e. The maximum atomic E-state index is 13.2. The molecule has 0 aliphatic carbocycles. The van der Waals surface area contributed by atoms with E-state index in [0.29, 0.717) is 31.1 Å². The molecule has 1 atom stereocenters. The van der Waals surface area contributed by atoms with Gasteiger partial charge in [0.2, 0.25) is 10.0 Å². The number of nitrogens with zero attached hydrogens (tertiary/aromatic N) is 2. The molecular weight excluding hydrogens is 440 g/mol. The summed E-state index contributed by atoms with van der Waals surface area (Å²) >= 11 is 7.91. The van der Waals surface area contributed by atoms with Crippen LogP contribution in [-0.4, -0.2) is 49.9 Å². The Balaban J connectivity index is 1.81.